The number of carbonyl (C=O) groups is 3. The molecule has 2 atom stereocenters. The number of benzene rings is 2. The minimum absolute atomic E-state index is 0.0201. The number of aliphatic carboxylic acids is 1. The van der Waals surface area contributed by atoms with Crippen molar-refractivity contribution >= 4 is 46.8 Å². The van der Waals surface area contributed by atoms with Crippen molar-refractivity contribution in [2.75, 3.05) is 31.1 Å². The molecule has 2 aromatic carbocycles. The van der Waals surface area contributed by atoms with Gasteiger partial charge in [0.05, 0.1) is 5.38 Å². The Morgan fingerprint density at radius 3 is 2.33 bits per heavy atom. The van der Waals surface area contributed by atoms with E-state index in [-0.39, 0.29) is 42.6 Å². The number of halogens is 3. The van der Waals surface area contributed by atoms with Crippen molar-refractivity contribution in [2.45, 2.75) is 34.8 Å². The van der Waals surface area contributed by atoms with Crippen molar-refractivity contribution in [3.63, 3.8) is 0 Å². The molecular formula is C25H26ClF2N3O4S. The lowest BCUT2D eigenvalue weighted by molar-refractivity contribution is -0.138. The first-order valence-electron chi connectivity index (χ1n) is 11.7. The largest absolute Gasteiger partial charge is 0.481 e. The Morgan fingerprint density at radius 1 is 1.06 bits per heavy atom. The van der Waals surface area contributed by atoms with E-state index in [2.05, 4.69) is 10.6 Å². The van der Waals surface area contributed by atoms with Crippen molar-refractivity contribution in [3.8, 4) is 0 Å². The summed E-state index contributed by atoms with van der Waals surface area (Å²) in [5.74, 6) is -3.52. The van der Waals surface area contributed by atoms with Crippen LogP contribution in [0.1, 0.15) is 40.6 Å². The lowest BCUT2D eigenvalue weighted by Crippen LogP contribution is -2.39. The van der Waals surface area contributed by atoms with Gasteiger partial charge in [-0.25, -0.2) is 8.78 Å². The molecule has 0 spiro atoms. The standard InChI is InChI=1S/C25H26ClF2N3O4S/c26-21-16-3-1-2-4-19(16)36-23(21)25(35)30-8-7-29-24(34)15-12-17(27)22(18(28)13-15)31-9-5-14(6-10-31)11-20(32)33/h1-4,12-14,21,23H,5-11H2,(H,29,34)(H,30,35)(H,32,33). The summed E-state index contributed by atoms with van der Waals surface area (Å²) in [6.45, 7) is 0.884. The van der Waals surface area contributed by atoms with Crippen molar-refractivity contribution in [1.82, 2.24) is 10.6 Å². The maximum atomic E-state index is 14.8. The first-order chi connectivity index (χ1) is 17.2. The second-order valence-electron chi connectivity index (χ2n) is 8.84. The van der Waals surface area contributed by atoms with Gasteiger partial charge in [0.25, 0.3) is 5.91 Å². The van der Waals surface area contributed by atoms with Crippen LogP contribution in [0.4, 0.5) is 14.5 Å². The third kappa shape index (κ3) is 5.92. The Balaban J connectivity index is 1.26. The van der Waals surface area contributed by atoms with Gasteiger partial charge in [-0.3, -0.25) is 14.4 Å². The number of piperidine rings is 1. The minimum atomic E-state index is -0.882. The predicted octanol–water partition coefficient (Wildman–Crippen LogP) is 3.96. The molecule has 2 aliphatic heterocycles. The molecule has 0 bridgehead atoms. The van der Waals surface area contributed by atoms with Gasteiger partial charge in [0.1, 0.15) is 22.6 Å². The molecule has 2 aliphatic rings. The van der Waals surface area contributed by atoms with E-state index in [1.165, 1.54) is 11.8 Å². The Labute approximate surface area is 216 Å². The van der Waals surface area contributed by atoms with Crippen LogP contribution in [0.15, 0.2) is 41.3 Å². The maximum absolute atomic E-state index is 14.8. The SMILES string of the molecule is O=C(O)CC1CCN(c2c(F)cc(C(=O)NCCNC(=O)C3Sc4ccccc4C3Cl)cc2F)CC1. The molecule has 2 amide bonds. The molecule has 192 valence electrons. The Morgan fingerprint density at radius 2 is 1.69 bits per heavy atom. The van der Waals surface area contributed by atoms with Crippen LogP contribution in [0.5, 0.6) is 0 Å². The summed E-state index contributed by atoms with van der Waals surface area (Å²) in [5, 5.41) is 13.3. The summed E-state index contributed by atoms with van der Waals surface area (Å²) in [4.78, 5) is 38.3. The third-order valence-corrected chi connectivity index (χ3v) is 8.38. The number of nitrogens with one attached hydrogen (secondary N) is 2. The Hall–Kier alpha value is -2.85. The van der Waals surface area contributed by atoms with Crippen LogP contribution in [0.3, 0.4) is 0 Å². The maximum Gasteiger partial charge on any atom is 0.303 e. The van der Waals surface area contributed by atoms with Gasteiger partial charge in [-0.1, -0.05) is 18.2 Å². The summed E-state index contributed by atoms with van der Waals surface area (Å²) >= 11 is 7.81. The summed E-state index contributed by atoms with van der Waals surface area (Å²) in [6.07, 6.45) is 1.09. The average molecular weight is 538 g/mol. The van der Waals surface area contributed by atoms with Crippen LogP contribution in [-0.2, 0) is 9.59 Å². The van der Waals surface area contributed by atoms with Gasteiger partial charge in [0.15, 0.2) is 0 Å². The van der Waals surface area contributed by atoms with E-state index in [0.29, 0.717) is 25.9 Å². The molecular weight excluding hydrogens is 512 g/mol. The summed E-state index contributed by atoms with van der Waals surface area (Å²) < 4.78 is 29.5. The average Bonchev–Trinajstić information content (AvgIpc) is 3.18. The topological polar surface area (TPSA) is 98.7 Å². The molecule has 36 heavy (non-hydrogen) atoms. The van der Waals surface area contributed by atoms with Crippen LogP contribution in [0.25, 0.3) is 0 Å². The molecule has 4 rings (SSSR count). The molecule has 2 unspecified atom stereocenters. The van der Waals surface area contributed by atoms with Crippen molar-refractivity contribution in [2.24, 2.45) is 5.92 Å². The number of fused-ring (bicyclic) bond motifs is 1. The van der Waals surface area contributed by atoms with Gasteiger partial charge in [-0.15, -0.1) is 23.4 Å². The number of anilines is 1. The van der Waals surface area contributed by atoms with E-state index >= 15 is 0 Å². The molecule has 0 radical (unpaired) electrons. The summed E-state index contributed by atoms with van der Waals surface area (Å²) in [5.41, 5.74) is 0.538. The molecule has 2 aromatic rings. The number of carboxylic acid groups (broad SMARTS) is 1. The normalized spacial score (nSPS) is 19.6. The zero-order valence-electron chi connectivity index (χ0n) is 19.3. The third-order valence-electron chi connectivity index (χ3n) is 6.38. The molecule has 0 saturated carbocycles. The van der Waals surface area contributed by atoms with Gasteiger partial charge >= 0.3 is 5.97 Å². The van der Waals surface area contributed by atoms with Crippen molar-refractivity contribution in [3.05, 3.63) is 59.2 Å². The van der Waals surface area contributed by atoms with Crippen molar-refractivity contribution in [1.29, 1.82) is 0 Å². The van der Waals surface area contributed by atoms with Crippen LogP contribution >= 0.6 is 23.4 Å². The van der Waals surface area contributed by atoms with E-state index in [4.69, 9.17) is 16.7 Å². The van der Waals surface area contributed by atoms with Gasteiger partial charge in [-0.2, -0.15) is 0 Å². The fourth-order valence-corrected chi connectivity index (χ4v) is 6.27. The molecule has 3 N–H and O–H groups in total. The number of nitrogens with zero attached hydrogens (tertiary/aromatic N) is 1. The monoisotopic (exact) mass is 537 g/mol. The summed E-state index contributed by atoms with van der Waals surface area (Å²) in [6, 6.07) is 9.52. The second kappa shape index (κ2) is 11.5. The van der Waals surface area contributed by atoms with Crippen LogP contribution < -0.4 is 15.5 Å². The van der Waals surface area contributed by atoms with Gasteiger partial charge < -0.3 is 20.6 Å². The Bertz CT molecular complexity index is 1140. The quantitative estimate of drug-likeness (QED) is 0.348. The first kappa shape index (κ1) is 26.2. The van der Waals surface area contributed by atoms with E-state index in [9.17, 15) is 23.2 Å². The lowest BCUT2D eigenvalue weighted by atomic mass is 9.93. The Kier molecular flexibility index (Phi) is 8.35. The second-order valence-corrected chi connectivity index (χ2v) is 10.5. The number of amides is 2. The van der Waals surface area contributed by atoms with E-state index in [0.717, 1.165) is 22.6 Å². The van der Waals surface area contributed by atoms with Gasteiger partial charge in [-0.05, 0) is 42.5 Å². The molecule has 1 fully saturated rings. The van der Waals surface area contributed by atoms with Gasteiger partial charge in [0, 0.05) is 43.1 Å². The first-order valence-corrected chi connectivity index (χ1v) is 13.0. The number of hydrogen-bond acceptors (Lipinski definition) is 5. The van der Waals surface area contributed by atoms with Crippen LogP contribution in [-0.4, -0.2) is 54.3 Å². The highest BCUT2D eigenvalue weighted by atomic mass is 35.5. The zero-order chi connectivity index (χ0) is 25.8. The van der Waals surface area contributed by atoms with E-state index < -0.39 is 34.1 Å². The number of rotatable bonds is 8. The highest BCUT2D eigenvalue weighted by Crippen LogP contribution is 2.47. The van der Waals surface area contributed by atoms with Crippen LogP contribution in [0.2, 0.25) is 0 Å². The zero-order valence-corrected chi connectivity index (χ0v) is 20.9. The van der Waals surface area contributed by atoms with Crippen molar-refractivity contribution < 1.29 is 28.3 Å². The molecule has 0 aromatic heterocycles. The molecule has 0 aliphatic carbocycles. The number of alkyl halides is 1. The number of hydrogen-bond donors (Lipinski definition) is 3. The lowest BCUT2D eigenvalue weighted by Gasteiger charge is -2.33. The minimum Gasteiger partial charge on any atom is -0.481 e. The fraction of sp³-hybridized carbons (Fsp3) is 0.400. The van der Waals surface area contributed by atoms with Gasteiger partial charge in [0.2, 0.25) is 5.91 Å². The fourth-order valence-electron chi connectivity index (χ4n) is 4.53. The highest BCUT2D eigenvalue weighted by Gasteiger charge is 2.36. The van der Waals surface area contributed by atoms with E-state index in [1.807, 2.05) is 24.3 Å². The number of carboxylic acids is 1. The smallest absolute Gasteiger partial charge is 0.303 e. The molecule has 1 saturated heterocycles. The molecule has 2 heterocycles. The molecule has 11 heteroatoms. The summed E-state index contributed by atoms with van der Waals surface area (Å²) in [7, 11) is 0. The van der Waals surface area contributed by atoms with E-state index in [1.54, 1.807) is 4.90 Å². The highest BCUT2D eigenvalue weighted by molar-refractivity contribution is 8.01. The molecule has 7 nitrogen and oxygen atoms in total. The number of thioether (sulfide) groups is 1. The predicted molar refractivity (Wildman–Crippen MR) is 134 cm³/mol. The van der Waals surface area contributed by atoms with Crippen LogP contribution in [0, 0.1) is 17.6 Å². The number of carbonyl (C=O) groups excluding carboxylic acids is 2.